The molecule has 0 radical (unpaired) electrons. The van der Waals surface area contributed by atoms with Crippen LogP contribution >= 0.6 is 0 Å². The minimum absolute atomic E-state index is 0.151. The number of aromatic nitrogens is 1. The predicted octanol–water partition coefficient (Wildman–Crippen LogP) is 4.99. The number of halogens is 1. The maximum absolute atomic E-state index is 14.0. The Morgan fingerprint density at radius 1 is 1.21 bits per heavy atom. The normalized spacial score (nSPS) is 10.9. The maximum atomic E-state index is 14.0. The molecule has 144 valence electrons. The van der Waals surface area contributed by atoms with E-state index in [4.69, 9.17) is 9.47 Å². The third kappa shape index (κ3) is 4.54. The monoisotopic (exact) mass is 391 g/mol. The van der Waals surface area contributed by atoms with E-state index in [-0.39, 0.29) is 22.7 Å². The average molecular weight is 391 g/mol. The Labute approximate surface area is 165 Å². The van der Waals surface area contributed by atoms with Crippen molar-refractivity contribution in [3.63, 3.8) is 0 Å². The molecular weight excluding hydrogens is 377 g/mol. The highest BCUT2D eigenvalue weighted by Crippen LogP contribution is 2.33. The molecule has 1 aromatic heterocycles. The molecular formula is C21H14FN3O4. The molecule has 0 spiro atoms. The van der Waals surface area contributed by atoms with Gasteiger partial charge in [-0.3, -0.25) is 10.1 Å². The SMILES string of the molecule is COc1cc(/C=C(/C#N)c2ccccc2F)ccc1Oc1ccc([N+](=O)[O-])cn1. The Balaban J connectivity index is 1.89. The fourth-order valence-electron chi connectivity index (χ4n) is 2.53. The lowest BCUT2D eigenvalue weighted by molar-refractivity contribution is -0.385. The number of hydrogen-bond donors (Lipinski definition) is 0. The van der Waals surface area contributed by atoms with Crippen LogP contribution in [0.1, 0.15) is 11.1 Å². The van der Waals surface area contributed by atoms with Gasteiger partial charge in [-0.1, -0.05) is 24.3 Å². The van der Waals surface area contributed by atoms with Crippen LogP contribution in [-0.4, -0.2) is 17.0 Å². The van der Waals surface area contributed by atoms with Crippen LogP contribution in [0.25, 0.3) is 11.6 Å². The Morgan fingerprint density at radius 2 is 2.00 bits per heavy atom. The molecule has 1 heterocycles. The van der Waals surface area contributed by atoms with Gasteiger partial charge >= 0.3 is 0 Å². The summed E-state index contributed by atoms with van der Waals surface area (Å²) < 4.78 is 24.9. The topological polar surface area (TPSA) is 98.3 Å². The lowest BCUT2D eigenvalue weighted by Crippen LogP contribution is -1.94. The number of nitriles is 1. The summed E-state index contributed by atoms with van der Waals surface area (Å²) in [5, 5.41) is 20.1. The molecule has 0 amide bonds. The smallest absolute Gasteiger partial charge is 0.287 e. The lowest BCUT2D eigenvalue weighted by Gasteiger charge is -2.10. The molecule has 3 aromatic rings. The number of ether oxygens (including phenoxy) is 2. The quantitative estimate of drug-likeness (QED) is 0.254. The van der Waals surface area contributed by atoms with Crippen molar-refractivity contribution in [2.24, 2.45) is 0 Å². The van der Waals surface area contributed by atoms with E-state index in [2.05, 4.69) is 4.98 Å². The van der Waals surface area contributed by atoms with E-state index in [1.54, 1.807) is 30.3 Å². The fraction of sp³-hybridized carbons (Fsp3) is 0.0476. The molecule has 0 saturated heterocycles. The molecule has 0 aliphatic carbocycles. The van der Waals surface area contributed by atoms with Crippen LogP contribution in [0, 0.1) is 27.3 Å². The standard InChI is InChI=1S/C21H14FN3O4/c1-28-20-11-14(10-15(12-23)17-4-2-3-5-18(17)22)6-8-19(20)29-21-9-7-16(13-24-21)25(26)27/h2-11,13H,1H3/b15-10-. The van der Waals surface area contributed by atoms with Crippen LogP contribution in [0.4, 0.5) is 10.1 Å². The highest BCUT2D eigenvalue weighted by Gasteiger charge is 2.11. The van der Waals surface area contributed by atoms with E-state index in [9.17, 15) is 19.8 Å². The number of nitro groups is 1. The zero-order valence-electron chi connectivity index (χ0n) is 15.2. The average Bonchev–Trinajstić information content (AvgIpc) is 2.74. The fourth-order valence-corrected chi connectivity index (χ4v) is 2.53. The predicted molar refractivity (Wildman–Crippen MR) is 104 cm³/mol. The maximum Gasteiger partial charge on any atom is 0.287 e. The zero-order chi connectivity index (χ0) is 20.8. The van der Waals surface area contributed by atoms with Gasteiger partial charge in [-0.05, 0) is 29.8 Å². The first-order valence-corrected chi connectivity index (χ1v) is 8.35. The van der Waals surface area contributed by atoms with Gasteiger partial charge in [0.15, 0.2) is 11.5 Å². The van der Waals surface area contributed by atoms with Crippen LogP contribution in [0.3, 0.4) is 0 Å². The summed E-state index contributed by atoms with van der Waals surface area (Å²) in [6.07, 6.45) is 2.63. The van der Waals surface area contributed by atoms with Crippen molar-refractivity contribution in [3.05, 3.63) is 87.9 Å². The number of pyridine rings is 1. The number of nitrogens with zero attached hydrogens (tertiary/aromatic N) is 3. The van der Waals surface area contributed by atoms with Gasteiger partial charge in [0.2, 0.25) is 5.88 Å². The minimum Gasteiger partial charge on any atom is -0.493 e. The van der Waals surface area contributed by atoms with Gasteiger partial charge in [-0.25, -0.2) is 9.37 Å². The number of benzene rings is 2. The van der Waals surface area contributed by atoms with Gasteiger partial charge in [0.25, 0.3) is 5.69 Å². The van der Waals surface area contributed by atoms with Crippen LogP contribution in [0.2, 0.25) is 0 Å². The molecule has 3 rings (SSSR count). The second kappa shape index (κ2) is 8.63. The second-order valence-electron chi connectivity index (χ2n) is 5.77. The zero-order valence-corrected chi connectivity index (χ0v) is 15.2. The molecule has 29 heavy (non-hydrogen) atoms. The molecule has 2 aromatic carbocycles. The van der Waals surface area contributed by atoms with E-state index in [1.165, 1.54) is 37.5 Å². The van der Waals surface area contributed by atoms with E-state index in [0.717, 1.165) is 6.20 Å². The molecule has 0 fully saturated rings. The Bertz CT molecular complexity index is 1120. The van der Waals surface area contributed by atoms with E-state index >= 15 is 0 Å². The van der Waals surface area contributed by atoms with Crippen LogP contribution in [0.5, 0.6) is 17.4 Å². The first-order chi connectivity index (χ1) is 14.0. The van der Waals surface area contributed by atoms with Gasteiger partial charge in [-0.15, -0.1) is 0 Å². The largest absolute Gasteiger partial charge is 0.493 e. The molecule has 7 nitrogen and oxygen atoms in total. The molecule has 0 unspecified atom stereocenters. The molecule has 8 heteroatoms. The Morgan fingerprint density at radius 3 is 2.62 bits per heavy atom. The summed E-state index contributed by atoms with van der Waals surface area (Å²) in [5.41, 5.74) is 0.813. The minimum atomic E-state index is -0.555. The van der Waals surface area contributed by atoms with Crippen molar-refractivity contribution in [2.75, 3.05) is 7.11 Å². The number of methoxy groups -OCH3 is 1. The summed E-state index contributed by atoms with van der Waals surface area (Å²) in [7, 11) is 1.45. The number of allylic oxidation sites excluding steroid dienone is 1. The van der Waals surface area contributed by atoms with E-state index in [0.29, 0.717) is 17.1 Å². The van der Waals surface area contributed by atoms with Crippen LogP contribution < -0.4 is 9.47 Å². The molecule has 0 bridgehead atoms. The first-order valence-electron chi connectivity index (χ1n) is 8.35. The summed E-state index contributed by atoms with van der Waals surface area (Å²) >= 11 is 0. The van der Waals surface area contributed by atoms with Gasteiger partial charge in [-0.2, -0.15) is 5.26 Å². The highest BCUT2D eigenvalue weighted by molar-refractivity contribution is 5.90. The van der Waals surface area contributed by atoms with E-state index < -0.39 is 10.7 Å². The second-order valence-corrected chi connectivity index (χ2v) is 5.77. The van der Waals surface area contributed by atoms with Crippen LogP contribution in [-0.2, 0) is 0 Å². The van der Waals surface area contributed by atoms with E-state index in [1.807, 2.05) is 6.07 Å². The van der Waals surface area contributed by atoms with Crippen molar-refractivity contribution in [1.29, 1.82) is 5.26 Å². The number of rotatable bonds is 6. The molecule has 0 aliphatic heterocycles. The third-order valence-corrected chi connectivity index (χ3v) is 3.93. The third-order valence-electron chi connectivity index (χ3n) is 3.93. The molecule has 0 atom stereocenters. The van der Waals surface area contributed by atoms with Gasteiger partial charge in [0.05, 0.1) is 23.7 Å². The molecule has 0 N–H and O–H groups in total. The van der Waals surface area contributed by atoms with Crippen molar-refractivity contribution < 1.29 is 18.8 Å². The summed E-state index contributed by atoms with van der Waals surface area (Å²) in [4.78, 5) is 14.0. The van der Waals surface area contributed by atoms with Crippen molar-refractivity contribution in [3.8, 4) is 23.4 Å². The van der Waals surface area contributed by atoms with Gasteiger partial charge < -0.3 is 9.47 Å². The van der Waals surface area contributed by atoms with Crippen molar-refractivity contribution in [2.45, 2.75) is 0 Å². The highest BCUT2D eigenvalue weighted by atomic mass is 19.1. The molecule has 0 saturated carbocycles. The first kappa shape index (κ1) is 19.5. The van der Waals surface area contributed by atoms with Crippen molar-refractivity contribution >= 4 is 17.3 Å². The summed E-state index contributed by atoms with van der Waals surface area (Å²) in [6, 6.07) is 15.6. The molecule has 0 aliphatic rings. The lowest BCUT2D eigenvalue weighted by atomic mass is 10.0. The number of hydrogen-bond acceptors (Lipinski definition) is 6. The van der Waals surface area contributed by atoms with Gasteiger partial charge in [0, 0.05) is 17.7 Å². The Kier molecular flexibility index (Phi) is 5.80. The van der Waals surface area contributed by atoms with Crippen molar-refractivity contribution in [1.82, 2.24) is 4.98 Å². The Hall–Kier alpha value is -4.25. The summed E-state index contributed by atoms with van der Waals surface area (Å²) in [5.74, 6) is 0.345. The summed E-state index contributed by atoms with van der Waals surface area (Å²) in [6.45, 7) is 0. The van der Waals surface area contributed by atoms with Crippen LogP contribution in [0.15, 0.2) is 60.8 Å². The van der Waals surface area contributed by atoms with Gasteiger partial charge in [0.1, 0.15) is 12.0 Å².